The number of ether oxygens (including phenoxy) is 2. The highest BCUT2D eigenvalue weighted by Crippen LogP contribution is 2.18. The molecule has 0 bridgehead atoms. The molecule has 0 saturated carbocycles. The molecule has 0 aliphatic heterocycles. The topological polar surface area (TPSA) is 18.5 Å². The summed E-state index contributed by atoms with van der Waals surface area (Å²) in [7, 11) is 0. The minimum Gasteiger partial charge on any atom is -0.446 e. The van der Waals surface area contributed by atoms with Gasteiger partial charge in [-0.05, 0) is 24.4 Å². The van der Waals surface area contributed by atoms with Crippen molar-refractivity contribution < 1.29 is 9.47 Å². The van der Waals surface area contributed by atoms with E-state index >= 15 is 0 Å². The summed E-state index contributed by atoms with van der Waals surface area (Å²) in [4.78, 5) is 0. The summed E-state index contributed by atoms with van der Waals surface area (Å²) in [5, 5.41) is 0.936. The van der Waals surface area contributed by atoms with Crippen molar-refractivity contribution in [1.29, 1.82) is 0 Å². The molecule has 0 radical (unpaired) electrons. The molecule has 0 N–H and O–H groups in total. The van der Waals surface area contributed by atoms with Crippen molar-refractivity contribution in [3.8, 4) is 0 Å². The molecule has 2 nitrogen and oxygen atoms in total. The van der Waals surface area contributed by atoms with Crippen LogP contribution in [0.15, 0.2) is 0 Å². The zero-order valence-electron chi connectivity index (χ0n) is 7.84. The predicted octanol–water partition coefficient (Wildman–Crippen LogP) is 2.84. The van der Waals surface area contributed by atoms with Gasteiger partial charge in [0.2, 0.25) is 5.79 Å². The quantitative estimate of drug-likeness (QED) is 0.522. The Hall–Kier alpha value is -0.220. The fourth-order valence-electron chi connectivity index (χ4n) is 0.773. The van der Waals surface area contributed by atoms with Crippen molar-refractivity contribution in [2.24, 2.45) is 0 Å². The molecule has 0 atom stereocenters. The van der Waals surface area contributed by atoms with Crippen molar-refractivity contribution in [3.63, 3.8) is 0 Å². The summed E-state index contributed by atoms with van der Waals surface area (Å²) in [6, 6.07) is 0. The van der Waals surface area contributed by atoms with E-state index in [2.05, 4.69) is 0 Å². The van der Waals surface area contributed by atoms with Gasteiger partial charge in [0.05, 0.1) is 0 Å². The fraction of sp³-hybridized carbons (Fsp3) is 0.750. The average molecular weight is 206 g/mol. The van der Waals surface area contributed by atoms with Crippen LogP contribution in [0.1, 0.15) is 34.1 Å². The van der Waals surface area contributed by atoms with Crippen molar-refractivity contribution in [2.75, 3.05) is 0 Å². The number of thiocarbonyl (C=S) groups is 2. The van der Waals surface area contributed by atoms with Crippen LogP contribution in [0.3, 0.4) is 0 Å². The Morgan fingerprint density at radius 3 is 1.67 bits per heavy atom. The van der Waals surface area contributed by atoms with Gasteiger partial charge in [0.1, 0.15) is 0 Å². The molecule has 0 rings (SSSR count). The van der Waals surface area contributed by atoms with Gasteiger partial charge < -0.3 is 9.47 Å². The van der Waals surface area contributed by atoms with Crippen molar-refractivity contribution >= 4 is 34.5 Å². The predicted molar refractivity (Wildman–Crippen MR) is 57.4 cm³/mol. The van der Waals surface area contributed by atoms with Crippen molar-refractivity contribution in [2.45, 2.75) is 39.9 Å². The van der Waals surface area contributed by atoms with Gasteiger partial charge in [-0.1, -0.05) is 6.92 Å². The van der Waals surface area contributed by atoms with E-state index in [0.29, 0.717) is 16.5 Å². The highest BCUT2D eigenvalue weighted by molar-refractivity contribution is 7.80. The molecule has 0 heterocycles. The van der Waals surface area contributed by atoms with Crippen LogP contribution in [0.4, 0.5) is 0 Å². The molecule has 0 aliphatic rings. The van der Waals surface area contributed by atoms with Crippen LogP contribution in [0.5, 0.6) is 0 Å². The van der Waals surface area contributed by atoms with E-state index in [4.69, 9.17) is 33.9 Å². The van der Waals surface area contributed by atoms with Crippen LogP contribution < -0.4 is 0 Å². The number of rotatable bonds is 3. The van der Waals surface area contributed by atoms with Crippen LogP contribution in [0.2, 0.25) is 0 Å². The zero-order valence-corrected chi connectivity index (χ0v) is 9.47. The summed E-state index contributed by atoms with van der Waals surface area (Å²) in [5.41, 5.74) is 0. The Morgan fingerprint density at radius 2 is 1.50 bits per heavy atom. The lowest BCUT2D eigenvalue weighted by Gasteiger charge is -2.28. The summed E-state index contributed by atoms with van der Waals surface area (Å²) in [6.07, 6.45) is 0.703. The Bertz CT molecular complexity index is 173. The molecule has 0 aliphatic carbocycles. The number of hydrogen-bond donors (Lipinski definition) is 0. The van der Waals surface area contributed by atoms with E-state index < -0.39 is 5.79 Å². The van der Waals surface area contributed by atoms with Crippen molar-refractivity contribution in [1.82, 2.24) is 0 Å². The normalized spacial score (nSPS) is 10.7. The molecule has 0 aromatic carbocycles. The highest BCUT2D eigenvalue weighted by Gasteiger charge is 2.26. The standard InChI is InChI=1S/C8H14O2S2/c1-5-8(4,9-6(2)11)10-7(3)12/h5H2,1-4H3. The Morgan fingerprint density at radius 1 is 1.17 bits per heavy atom. The van der Waals surface area contributed by atoms with Gasteiger partial charge in [-0.15, -0.1) is 0 Å². The van der Waals surface area contributed by atoms with Gasteiger partial charge in [-0.2, -0.15) is 0 Å². The monoisotopic (exact) mass is 206 g/mol. The third kappa shape index (κ3) is 4.62. The van der Waals surface area contributed by atoms with Crippen LogP contribution in [0.25, 0.3) is 0 Å². The first-order chi connectivity index (χ1) is 5.39. The van der Waals surface area contributed by atoms with Gasteiger partial charge in [-0.3, -0.25) is 0 Å². The molecule has 0 amide bonds. The van der Waals surface area contributed by atoms with Gasteiger partial charge in [0, 0.05) is 27.2 Å². The smallest absolute Gasteiger partial charge is 0.249 e. The van der Waals surface area contributed by atoms with E-state index in [1.807, 2.05) is 13.8 Å². The first-order valence-electron chi connectivity index (χ1n) is 3.79. The van der Waals surface area contributed by atoms with Gasteiger partial charge in [0.25, 0.3) is 0 Å². The molecular weight excluding hydrogens is 192 g/mol. The summed E-state index contributed by atoms with van der Waals surface area (Å²) >= 11 is 9.63. The molecule has 70 valence electrons. The van der Waals surface area contributed by atoms with Crippen LogP contribution in [-0.2, 0) is 9.47 Å². The van der Waals surface area contributed by atoms with Crippen LogP contribution in [0, 0.1) is 0 Å². The minimum atomic E-state index is -0.697. The second kappa shape index (κ2) is 4.72. The van der Waals surface area contributed by atoms with Crippen molar-refractivity contribution in [3.05, 3.63) is 0 Å². The Balaban J connectivity index is 4.23. The Kier molecular flexibility index (Phi) is 4.63. The largest absolute Gasteiger partial charge is 0.446 e. The molecule has 0 unspecified atom stereocenters. The third-order valence-electron chi connectivity index (χ3n) is 1.36. The fourth-order valence-corrected chi connectivity index (χ4v) is 1.13. The zero-order chi connectivity index (χ0) is 9.78. The molecular formula is C8H14O2S2. The highest BCUT2D eigenvalue weighted by atomic mass is 32.1. The molecule has 4 heteroatoms. The maximum absolute atomic E-state index is 5.32. The lowest BCUT2D eigenvalue weighted by atomic mass is 10.2. The SMILES string of the molecule is CCC(C)(OC(C)=S)OC(C)=S. The van der Waals surface area contributed by atoms with E-state index in [9.17, 15) is 0 Å². The van der Waals surface area contributed by atoms with Crippen LogP contribution >= 0.6 is 24.4 Å². The lowest BCUT2D eigenvalue weighted by Crippen LogP contribution is -2.34. The Labute approximate surface area is 84.2 Å². The molecule has 12 heavy (non-hydrogen) atoms. The molecule has 0 saturated heterocycles. The first kappa shape index (κ1) is 11.8. The molecule has 0 aromatic rings. The maximum atomic E-state index is 5.32. The number of hydrogen-bond acceptors (Lipinski definition) is 4. The summed E-state index contributed by atoms with van der Waals surface area (Å²) in [6.45, 7) is 7.20. The van der Waals surface area contributed by atoms with E-state index in [-0.39, 0.29) is 0 Å². The minimum absolute atomic E-state index is 0.468. The van der Waals surface area contributed by atoms with E-state index in [1.54, 1.807) is 13.8 Å². The lowest BCUT2D eigenvalue weighted by molar-refractivity contribution is -0.117. The van der Waals surface area contributed by atoms with E-state index in [1.165, 1.54) is 0 Å². The van der Waals surface area contributed by atoms with E-state index in [0.717, 1.165) is 0 Å². The second-order valence-electron chi connectivity index (χ2n) is 2.67. The summed E-state index contributed by atoms with van der Waals surface area (Å²) < 4.78 is 10.6. The van der Waals surface area contributed by atoms with Gasteiger partial charge >= 0.3 is 0 Å². The van der Waals surface area contributed by atoms with Gasteiger partial charge in [0.15, 0.2) is 10.1 Å². The molecule has 0 fully saturated rings. The van der Waals surface area contributed by atoms with Crippen LogP contribution in [-0.4, -0.2) is 15.9 Å². The second-order valence-corrected chi connectivity index (χ2v) is 3.82. The first-order valence-corrected chi connectivity index (χ1v) is 4.60. The average Bonchev–Trinajstić information content (AvgIpc) is 1.83. The molecule has 0 aromatic heterocycles. The summed E-state index contributed by atoms with van der Waals surface area (Å²) in [5.74, 6) is -0.697. The maximum Gasteiger partial charge on any atom is 0.249 e. The third-order valence-corrected chi connectivity index (χ3v) is 1.53. The van der Waals surface area contributed by atoms with Gasteiger partial charge in [-0.25, -0.2) is 0 Å². The molecule has 0 spiro atoms.